The molecule has 0 amide bonds. The number of rotatable bonds is 3. The third kappa shape index (κ3) is 2.05. The van der Waals surface area contributed by atoms with E-state index < -0.39 is 0 Å². The summed E-state index contributed by atoms with van der Waals surface area (Å²) in [5.74, 6) is 1.88. The summed E-state index contributed by atoms with van der Waals surface area (Å²) >= 11 is 0. The van der Waals surface area contributed by atoms with Crippen molar-refractivity contribution in [3.8, 4) is 0 Å². The second-order valence-electron chi connectivity index (χ2n) is 4.74. The van der Waals surface area contributed by atoms with Crippen molar-refractivity contribution in [3.63, 3.8) is 0 Å². The molecule has 1 atom stereocenters. The van der Waals surface area contributed by atoms with Gasteiger partial charge in [-0.15, -0.1) is 0 Å². The second kappa shape index (κ2) is 4.24. The monoisotopic (exact) mass is 233 g/mol. The molecule has 0 aliphatic rings. The van der Waals surface area contributed by atoms with Gasteiger partial charge in [0.2, 0.25) is 0 Å². The molecule has 2 aromatic heterocycles. The van der Waals surface area contributed by atoms with Crippen LogP contribution < -0.4 is 10.6 Å². The molecule has 1 unspecified atom stereocenters. The summed E-state index contributed by atoms with van der Waals surface area (Å²) in [6.07, 6.45) is 5.41. The van der Waals surface area contributed by atoms with Crippen molar-refractivity contribution in [1.29, 1.82) is 0 Å². The summed E-state index contributed by atoms with van der Waals surface area (Å²) in [5, 5.41) is 0. The Morgan fingerprint density at radius 3 is 2.71 bits per heavy atom. The minimum Gasteiger partial charge on any atom is -0.382 e. The first-order chi connectivity index (χ1) is 8.00. The number of nitrogens with two attached hydrogens (primary N) is 1. The molecule has 0 aromatic carbocycles. The van der Waals surface area contributed by atoms with Crippen LogP contribution in [0.15, 0.2) is 18.6 Å². The van der Waals surface area contributed by atoms with E-state index in [0.29, 0.717) is 17.8 Å². The van der Waals surface area contributed by atoms with Gasteiger partial charge in [0.15, 0.2) is 11.5 Å². The first-order valence-electron chi connectivity index (χ1n) is 5.82. The molecule has 5 heteroatoms. The summed E-state index contributed by atoms with van der Waals surface area (Å²) in [6.45, 7) is 6.56. The molecule has 5 nitrogen and oxygen atoms in total. The van der Waals surface area contributed by atoms with Gasteiger partial charge in [0.1, 0.15) is 5.82 Å². The van der Waals surface area contributed by atoms with E-state index in [4.69, 9.17) is 5.73 Å². The van der Waals surface area contributed by atoms with Crippen LogP contribution in [0.2, 0.25) is 0 Å². The highest BCUT2D eigenvalue weighted by molar-refractivity contribution is 5.66. The lowest BCUT2D eigenvalue weighted by molar-refractivity contribution is 0.503. The molecule has 0 aliphatic heterocycles. The lowest BCUT2D eigenvalue weighted by Crippen LogP contribution is -2.34. The van der Waals surface area contributed by atoms with Gasteiger partial charge in [-0.1, -0.05) is 13.8 Å². The van der Waals surface area contributed by atoms with Crippen LogP contribution in [0.1, 0.15) is 20.8 Å². The molecule has 2 N–H and O–H groups in total. The van der Waals surface area contributed by atoms with Crippen LogP contribution >= 0.6 is 0 Å². The fourth-order valence-corrected chi connectivity index (χ4v) is 1.81. The largest absolute Gasteiger partial charge is 0.382 e. The van der Waals surface area contributed by atoms with E-state index in [1.165, 1.54) is 0 Å². The Bertz CT molecular complexity index is 517. The fourth-order valence-electron chi connectivity index (χ4n) is 1.81. The Morgan fingerprint density at radius 1 is 1.35 bits per heavy atom. The number of nitrogens with zero attached hydrogens (tertiary/aromatic N) is 4. The van der Waals surface area contributed by atoms with Crippen LogP contribution in [-0.2, 0) is 0 Å². The van der Waals surface area contributed by atoms with Crippen molar-refractivity contribution >= 4 is 17.3 Å². The van der Waals surface area contributed by atoms with E-state index in [0.717, 1.165) is 11.5 Å². The molecule has 0 fully saturated rings. The molecule has 92 valence electrons. The molecular weight excluding hydrogens is 214 g/mol. The van der Waals surface area contributed by atoms with E-state index in [9.17, 15) is 0 Å². The van der Waals surface area contributed by atoms with Crippen LogP contribution in [0, 0.1) is 5.92 Å². The van der Waals surface area contributed by atoms with Gasteiger partial charge in [0.05, 0.1) is 6.20 Å². The van der Waals surface area contributed by atoms with Crippen molar-refractivity contribution in [2.45, 2.75) is 26.8 Å². The van der Waals surface area contributed by atoms with E-state index in [1.807, 2.05) is 17.6 Å². The average molecular weight is 233 g/mol. The highest BCUT2D eigenvalue weighted by atomic mass is 15.2. The molecule has 0 radical (unpaired) electrons. The highest BCUT2D eigenvalue weighted by Gasteiger charge is 2.18. The maximum absolute atomic E-state index is 5.81. The average Bonchev–Trinajstić information content (AvgIpc) is 2.73. The number of hydrogen-bond acceptors (Lipinski definition) is 4. The zero-order valence-electron chi connectivity index (χ0n) is 10.8. The molecule has 2 aromatic rings. The molecule has 2 heterocycles. The van der Waals surface area contributed by atoms with Gasteiger partial charge in [0, 0.05) is 25.5 Å². The van der Waals surface area contributed by atoms with Crippen molar-refractivity contribution in [1.82, 2.24) is 14.4 Å². The van der Waals surface area contributed by atoms with E-state index >= 15 is 0 Å². The third-order valence-corrected chi connectivity index (χ3v) is 3.28. The summed E-state index contributed by atoms with van der Waals surface area (Å²) in [6, 6.07) is 0.379. The number of fused-ring (bicyclic) bond motifs is 1. The molecule has 0 saturated heterocycles. The van der Waals surface area contributed by atoms with Gasteiger partial charge in [-0.25, -0.2) is 9.97 Å². The predicted octanol–water partition coefficient (Wildman–Crippen LogP) is 1.79. The minimum absolute atomic E-state index is 0.379. The van der Waals surface area contributed by atoms with Crippen LogP contribution in [-0.4, -0.2) is 27.5 Å². The summed E-state index contributed by atoms with van der Waals surface area (Å²) in [7, 11) is 2.03. The predicted molar refractivity (Wildman–Crippen MR) is 70.1 cm³/mol. The molecular formula is C12H19N5. The first kappa shape index (κ1) is 11.7. The SMILES string of the molecule is CC(C)C(C)N(C)c1nc(N)cn2ccnc12. The van der Waals surface area contributed by atoms with Crippen molar-refractivity contribution in [2.75, 3.05) is 17.7 Å². The Labute approximate surface area is 101 Å². The topological polar surface area (TPSA) is 59.5 Å². The van der Waals surface area contributed by atoms with Gasteiger partial charge in [0.25, 0.3) is 0 Å². The summed E-state index contributed by atoms with van der Waals surface area (Å²) in [4.78, 5) is 10.9. The van der Waals surface area contributed by atoms with Crippen molar-refractivity contribution < 1.29 is 0 Å². The maximum Gasteiger partial charge on any atom is 0.180 e. The zero-order valence-corrected chi connectivity index (χ0v) is 10.8. The van der Waals surface area contributed by atoms with E-state index in [1.54, 1.807) is 12.4 Å². The van der Waals surface area contributed by atoms with Crippen LogP contribution in [0.25, 0.3) is 5.65 Å². The van der Waals surface area contributed by atoms with Crippen molar-refractivity contribution in [2.24, 2.45) is 5.92 Å². The van der Waals surface area contributed by atoms with Gasteiger partial charge in [-0.2, -0.15) is 0 Å². The number of hydrogen-bond donors (Lipinski definition) is 1. The van der Waals surface area contributed by atoms with E-state index in [-0.39, 0.29) is 0 Å². The first-order valence-corrected chi connectivity index (χ1v) is 5.82. The molecule has 0 bridgehead atoms. The lowest BCUT2D eigenvalue weighted by Gasteiger charge is -2.29. The molecule has 0 aliphatic carbocycles. The molecule has 2 rings (SSSR count). The van der Waals surface area contributed by atoms with Crippen LogP contribution in [0.5, 0.6) is 0 Å². The number of aromatic nitrogens is 3. The standard InChI is InChI=1S/C12H19N5/c1-8(2)9(3)16(4)12-11-14-5-6-17(11)7-10(13)15-12/h5-9H,13H2,1-4H3. The van der Waals surface area contributed by atoms with Gasteiger partial charge in [-0.05, 0) is 12.8 Å². The summed E-state index contributed by atoms with van der Waals surface area (Å²) in [5.41, 5.74) is 6.65. The lowest BCUT2D eigenvalue weighted by atomic mass is 10.1. The number of anilines is 2. The molecule has 0 saturated carbocycles. The third-order valence-electron chi connectivity index (χ3n) is 3.28. The number of imidazole rings is 1. The fraction of sp³-hybridized carbons (Fsp3) is 0.500. The highest BCUT2D eigenvalue weighted by Crippen LogP contribution is 2.22. The van der Waals surface area contributed by atoms with Crippen molar-refractivity contribution in [3.05, 3.63) is 18.6 Å². The van der Waals surface area contributed by atoms with E-state index in [2.05, 4.69) is 35.6 Å². The Kier molecular flexibility index (Phi) is 2.92. The number of nitrogen functional groups attached to an aromatic ring is 1. The smallest absolute Gasteiger partial charge is 0.180 e. The molecule has 0 spiro atoms. The quantitative estimate of drug-likeness (QED) is 0.878. The summed E-state index contributed by atoms with van der Waals surface area (Å²) < 4.78 is 1.90. The Morgan fingerprint density at radius 2 is 2.06 bits per heavy atom. The minimum atomic E-state index is 0.379. The Hall–Kier alpha value is -1.78. The van der Waals surface area contributed by atoms with Crippen LogP contribution in [0.4, 0.5) is 11.6 Å². The van der Waals surface area contributed by atoms with Gasteiger partial charge < -0.3 is 15.0 Å². The zero-order chi connectivity index (χ0) is 12.6. The normalized spacial score (nSPS) is 13.2. The van der Waals surface area contributed by atoms with Crippen LogP contribution in [0.3, 0.4) is 0 Å². The second-order valence-corrected chi connectivity index (χ2v) is 4.74. The van der Waals surface area contributed by atoms with Gasteiger partial charge in [-0.3, -0.25) is 0 Å². The molecule has 17 heavy (non-hydrogen) atoms. The Balaban J connectivity index is 2.50. The maximum atomic E-state index is 5.81. The van der Waals surface area contributed by atoms with Gasteiger partial charge >= 0.3 is 0 Å².